The summed E-state index contributed by atoms with van der Waals surface area (Å²) in [6, 6.07) is 10.5. The van der Waals surface area contributed by atoms with Crippen molar-refractivity contribution in [2.24, 2.45) is 0 Å². The fourth-order valence-electron chi connectivity index (χ4n) is 1.78. The van der Waals surface area contributed by atoms with Crippen LogP contribution in [0.15, 0.2) is 47.4 Å². The highest BCUT2D eigenvalue weighted by Crippen LogP contribution is 2.06. The molecule has 0 saturated carbocycles. The average molecular weight is 257 g/mol. The summed E-state index contributed by atoms with van der Waals surface area (Å²) >= 11 is 0. The van der Waals surface area contributed by atoms with E-state index in [0.29, 0.717) is 5.56 Å². The summed E-state index contributed by atoms with van der Waals surface area (Å²) < 4.78 is 6.29. The summed E-state index contributed by atoms with van der Waals surface area (Å²) in [7, 11) is 1.43. The van der Waals surface area contributed by atoms with Crippen molar-refractivity contribution >= 4 is 5.78 Å². The predicted molar refractivity (Wildman–Crippen MR) is 72.8 cm³/mol. The highest BCUT2D eigenvalue weighted by atomic mass is 16.5. The van der Waals surface area contributed by atoms with E-state index in [1.54, 1.807) is 30.5 Å². The number of methoxy groups -OCH3 is 1. The number of carbonyl (C=O) groups is 1. The van der Waals surface area contributed by atoms with Crippen molar-refractivity contribution in [3.05, 3.63) is 64.1 Å². The third kappa shape index (κ3) is 2.91. The topological polar surface area (TPSA) is 48.3 Å². The lowest BCUT2D eigenvalue weighted by molar-refractivity contribution is 0.0970. The molecule has 0 radical (unpaired) electrons. The molecule has 0 saturated heterocycles. The molecule has 0 N–H and O–H groups in total. The minimum atomic E-state index is -0.300. The molecule has 19 heavy (non-hydrogen) atoms. The number of rotatable bonds is 4. The van der Waals surface area contributed by atoms with Gasteiger partial charge in [0.05, 0.1) is 13.7 Å². The quantitative estimate of drug-likeness (QED) is 0.788. The highest BCUT2D eigenvalue weighted by Gasteiger charge is 2.09. The highest BCUT2D eigenvalue weighted by molar-refractivity contribution is 5.95. The van der Waals surface area contributed by atoms with Gasteiger partial charge in [-0.1, -0.05) is 29.8 Å². The molecule has 0 bridgehead atoms. The van der Waals surface area contributed by atoms with Crippen LogP contribution in [-0.4, -0.2) is 17.5 Å². The minimum Gasteiger partial charge on any atom is -0.491 e. The van der Waals surface area contributed by atoms with Gasteiger partial charge in [-0.15, -0.1) is 0 Å². The molecule has 0 aliphatic carbocycles. The van der Waals surface area contributed by atoms with Gasteiger partial charge < -0.3 is 9.30 Å². The first-order valence-electron chi connectivity index (χ1n) is 5.95. The molecular formula is C15H15NO3. The number of ether oxygens (including phenoxy) is 1. The molecule has 0 fully saturated rings. The number of hydrogen-bond donors (Lipinski definition) is 0. The van der Waals surface area contributed by atoms with Crippen LogP contribution in [0.25, 0.3) is 0 Å². The van der Waals surface area contributed by atoms with E-state index in [9.17, 15) is 9.59 Å². The number of Topliss-reactive ketones (excluding diaryl/α,β-unsaturated/α-hetero) is 1. The van der Waals surface area contributed by atoms with Crippen molar-refractivity contribution in [1.82, 2.24) is 4.57 Å². The molecule has 2 aromatic rings. The number of aryl methyl sites for hydroxylation is 1. The Kier molecular flexibility index (Phi) is 3.80. The SMILES string of the molecule is COc1cccn(CC(=O)c2ccc(C)cc2)c1=O. The Labute approximate surface area is 111 Å². The Morgan fingerprint density at radius 2 is 1.89 bits per heavy atom. The van der Waals surface area contributed by atoms with E-state index in [0.717, 1.165) is 5.56 Å². The number of ketones is 1. The number of hydrogen-bond acceptors (Lipinski definition) is 3. The lowest BCUT2D eigenvalue weighted by Gasteiger charge is -2.07. The lowest BCUT2D eigenvalue weighted by Crippen LogP contribution is -2.24. The zero-order valence-electron chi connectivity index (χ0n) is 10.9. The van der Waals surface area contributed by atoms with Gasteiger partial charge >= 0.3 is 0 Å². The Hall–Kier alpha value is -2.36. The molecule has 4 heteroatoms. The first-order chi connectivity index (χ1) is 9.11. The van der Waals surface area contributed by atoms with Crippen LogP contribution >= 0.6 is 0 Å². The van der Waals surface area contributed by atoms with E-state index in [4.69, 9.17) is 4.74 Å². The summed E-state index contributed by atoms with van der Waals surface area (Å²) in [4.78, 5) is 24.0. The van der Waals surface area contributed by atoms with Gasteiger partial charge in [0.1, 0.15) is 0 Å². The molecule has 1 heterocycles. The zero-order chi connectivity index (χ0) is 13.8. The summed E-state index contributed by atoms with van der Waals surface area (Å²) in [5, 5.41) is 0. The summed E-state index contributed by atoms with van der Waals surface area (Å²) in [6.07, 6.45) is 1.58. The second kappa shape index (κ2) is 5.52. The number of aromatic nitrogens is 1. The molecule has 1 aromatic heterocycles. The summed E-state index contributed by atoms with van der Waals surface area (Å²) in [5.41, 5.74) is 1.39. The van der Waals surface area contributed by atoms with Gasteiger partial charge in [0.25, 0.3) is 5.56 Å². The van der Waals surface area contributed by atoms with Gasteiger partial charge in [-0.05, 0) is 19.1 Å². The van der Waals surface area contributed by atoms with Crippen LogP contribution in [-0.2, 0) is 6.54 Å². The van der Waals surface area contributed by atoms with E-state index in [2.05, 4.69) is 0 Å². The van der Waals surface area contributed by atoms with Crippen molar-refractivity contribution in [2.45, 2.75) is 13.5 Å². The fraction of sp³-hybridized carbons (Fsp3) is 0.200. The number of benzene rings is 1. The number of pyridine rings is 1. The summed E-state index contributed by atoms with van der Waals surface area (Å²) in [6.45, 7) is 1.97. The van der Waals surface area contributed by atoms with Crippen LogP contribution in [0.5, 0.6) is 5.75 Å². The van der Waals surface area contributed by atoms with Crippen LogP contribution in [0.3, 0.4) is 0 Å². The van der Waals surface area contributed by atoms with E-state index >= 15 is 0 Å². The first-order valence-corrected chi connectivity index (χ1v) is 5.95. The average Bonchev–Trinajstić information content (AvgIpc) is 2.42. The van der Waals surface area contributed by atoms with Crippen LogP contribution in [0.2, 0.25) is 0 Å². The fourth-order valence-corrected chi connectivity index (χ4v) is 1.78. The third-order valence-corrected chi connectivity index (χ3v) is 2.89. The second-order valence-corrected chi connectivity index (χ2v) is 4.30. The molecule has 0 spiro atoms. The Balaban J connectivity index is 2.24. The molecule has 0 aliphatic rings. The van der Waals surface area contributed by atoms with Crippen LogP contribution in [0.1, 0.15) is 15.9 Å². The summed E-state index contributed by atoms with van der Waals surface area (Å²) in [5.74, 6) is 0.134. The van der Waals surface area contributed by atoms with Crippen LogP contribution in [0.4, 0.5) is 0 Å². The van der Waals surface area contributed by atoms with Gasteiger partial charge in [0.15, 0.2) is 11.5 Å². The Bertz CT molecular complexity index is 641. The van der Waals surface area contributed by atoms with Gasteiger partial charge in [0.2, 0.25) is 0 Å². The molecule has 0 aliphatic heterocycles. The molecule has 4 nitrogen and oxygen atoms in total. The standard InChI is InChI=1S/C15H15NO3/c1-11-5-7-12(8-6-11)13(17)10-16-9-3-4-14(19-2)15(16)18/h3-9H,10H2,1-2H3. The van der Waals surface area contributed by atoms with Gasteiger partial charge in [-0.2, -0.15) is 0 Å². The Morgan fingerprint density at radius 1 is 1.21 bits per heavy atom. The number of carbonyl (C=O) groups excluding carboxylic acids is 1. The van der Waals surface area contributed by atoms with E-state index in [1.165, 1.54) is 11.7 Å². The monoisotopic (exact) mass is 257 g/mol. The minimum absolute atomic E-state index is 0.0130. The van der Waals surface area contributed by atoms with Gasteiger partial charge in [-0.3, -0.25) is 9.59 Å². The molecule has 1 aromatic carbocycles. The normalized spacial score (nSPS) is 10.2. The third-order valence-electron chi connectivity index (χ3n) is 2.89. The van der Waals surface area contributed by atoms with Crippen molar-refractivity contribution in [2.75, 3.05) is 7.11 Å². The predicted octanol–water partition coefficient (Wildman–Crippen LogP) is 2.05. The maximum Gasteiger partial charge on any atom is 0.293 e. The van der Waals surface area contributed by atoms with Gasteiger partial charge in [-0.25, -0.2) is 0 Å². The van der Waals surface area contributed by atoms with Crippen molar-refractivity contribution < 1.29 is 9.53 Å². The van der Waals surface area contributed by atoms with Gasteiger partial charge in [0, 0.05) is 11.8 Å². The smallest absolute Gasteiger partial charge is 0.293 e. The molecule has 98 valence electrons. The number of nitrogens with zero attached hydrogens (tertiary/aromatic N) is 1. The van der Waals surface area contributed by atoms with E-state index in [-0.39, 0.29) is 23.6 Å². The maximum atomic E-state index is 12.1. The van der Waals surface area contributed by atoms with Crippen molar-refractivity contribution in [1.29, 1.82) is 0 Å². The molecule has 0 unspecified atom stereocenters. The lowest BCUT2D eigenvalue weighted by atomic mass is 10.1. The second-order valence-electron chi connectivity index (χ2n) is 4.30. The van der Waals surface area contributed by atoms with Crippen molar-refractivity contribution in [3.8, 4) is 5.75 Å². The molecule has 0 atom stereocenters. The maximum absolute atomic E-state index is 12.1. The largest absolute Gasteiger partial charge is 0.491 e. The first kappa shape index (κ1) is 13.1. The van der Waals surface area contributed by atoms with E-state index in [1.807, 2.05) is 19.1 Å². The van der Waals surface area contributed by atoms with Crippen molar-refractivity contribution in [3.63, 3.8) is 0 Å². The molecular weight excluding hydrogens is 242 g/mol. The van der Waals surface area contributed by atoms with E-state index < -0.39 is 0 Å². The molecule has 2 rings (SSSR count). The molecule has 0 amide bonds. The van der Waals surface area contributed by atoms with Crippen LogP contribution < -0.4 is 10.3 Å². The van der Waals surface area contributed by atoms with Crippen LogP contribution in [0, 0.1) is 6.92 Å². The Morgan fingerprint density at radius 3 is 2.53 bits per heavy atom. The zero-order valence-corrected chi connectivity index (χ0v) is 10.9.